The molecule has 80 valence electrons. The molecule has 0 saturated heterocycles. The van der Waals surface area contributed by atoms with Gasteiger partial charge in [0.25, 0.3) is 0 Å². The van der Waals surface area contributed by atoms with E-state index in [1.165, 1.54) is 6.08 Å². The molecule has 2 nitrogen and oxygen atoms in total. The first-order valence-corrected chi connectivity index (χ1v) is 4.22. The molecule has 1 aliphatic rings. The zero-order chi connectivity index (χ0) is 11.0. The van der Waals surface area contributed by atoms with E-state index in [4.69, 9.17) is 5.73 Å². The van der Waals surface area contributed by atoms with Crippen molar-refractivity contribution >= 4 is 0 Å². The fourth-order valence-corrected chi connectivity index (χ4v) is 1.29. The summed E-state index contributed by atoms with van der Waals surface area (Å²) >= 11 is 0. The lowest BCUT2D eigenvalue weighted by molar-refractivity contribution is -0.0891. The van der Waals surface area contributed by atoms with Gasteiger partial charge in [0.2, 0.25) is 0 Å². The van der Waals surface area contributed by atoms with Gasteiger partial charge in [-0.25, -0.2) is 0 Å². The van der Waals surface area contributed by atoms with Crippen LogP contribution in [-0.4, -0.2) is 24.8 Å². The SMILES string of the molecule is CNC1(C)C=C(C(F)(F)F)C=CC1N. The molecule has 0 bridgehead atoms. The molecule has 1 rings (SSSR count). The lowest BCUT2D eigenvalue weighted by Gasteiger charge is -2.34. The fourth-order valence-electron chi connectivity index (χ4n) is 1.29. The van der Waals surface area contributed by atoms with Gasteiger partial charge in [-0.05, 0) is 14.0 Å². The predicted octanol–water partition coefficient (Wildman–Crippen LogP) is 1.35. The molecular formula is C9H13F3N2. The third-order valence-corrected chi connectivity index (χ3v) is 2.50. The van der Waals surface area contributed by atoms with E-state index in [-0.39, 0.29) is 0 Å². The largest absolute Gasteiger partial charge is 0.416 e. The summed E-state index contributed by atoms with van der Waals surface area (Å²) in [6.07, 6.45) is -0.810. The van der Waals surface area contributed by atoms with Crippen molar-refractivity contribution in [2.24, 2.45) is 5.73 Å². The number of hydrogen-bond donors (Lipinski definition) is 2. The molecule has 3 N–H and O–H groups in total. The van der Waals surface area contributed by atoms with Crippen molar-refractivity contribution in [1.82, 2.24) is 5.32 Å². The van der Waals surface area contributed by atoms with Gasteiger partial charge in [0, 0.05) is 6.04 Å². The zero-order valence-electron chi connectivity index (χ0n) is 8.02. The van der Waals surface area contributed by atoms with Gasteiger partial charge in [-0.3, -0.25) is 0 Å². The molecule has 0 spiro atoms. The van der Waals surface area contributed by atoms with Gasteiger partial charge in [0.05, 0.1) is 11.1 Å². The summed E-state index contributed by atoms with van der Waals surface area (Å²) in [7, 11) is 1.59. The van der Waals surface area contributed by atoms with Gasteiger partial charge in [0.1, 0.15) is 0 Å². The van der Waals surface area contributed by atoms with Gasteiger partial charge in [-0.1, -0.05) is 18.2 Å². The van der Waals surface area contributed by atoms with Crippen LogP contribution in [0.3, 0.4) is 0 Å². The average molecular weight is 206 g/mol. The number of rotatable bonds is 1. The summed E-state index contributed by atoms with van der Waals surface area (Å²) in [6, 6.07) is -0.446. The van der Waals surface area contributed by atoms with E-state index < -0.39 is 23.3 Å². The first-order valence-electron chi connectivity index (χ1n) is 4.22. The molecule has 0 aromatic rings. The molecule has 0 fully saturated rings. The van der Waals surface area contributed by atoms with Gasteiger partial charge < -0.3 is 11.1 Å². The minimum Gasteiger partial charge on any atom is -0.323 e. The zero-order valence-corrected chi connectivity index (χ0v) is 8.02. The highest BCUT2D eigenvalue weighted by molar-refractivity contribution is 5.36. The molecule has 1 aliphatic carbocycles. The third-order valence-electron chi connectivity index (χ3n) is 2.50. The maximum Gasteiger partial charge on any atom is 0.416 e. The number of likely N-dealkylation sites (N-methyl/N-ethyl adjacent to an activating group) is 1. The van der Waals surface area contributed by atoms with Crippen LogP contribution in [0.1, 0.15) is 6.92 Å². The number of nitrogens with one attached hydrogen (secondary N) is 1. The predicted molar refractivity (Wildman–Crippen MR) is 48.7 cm³/mol. The smallest absolute Gasteiger partial charge is 0.323 e. The van der Waals surface area contributed by atoms with Crippen molar-refractivity contribution < 1.29 is 13.2 Å². The van der Waals surface area contributed by atoms with Crippen LogP contribution in [0.2, 0.25) is 0 Å². The van der Waals surface area contributed by atoms with Crippen molar-refractivity contribution in [3.05, 3.63) is 23.8 Å². The van der Waals surface area contributed by atoms with Crippen LogP contribution in [0.4, 0.5) is 13.2 Å². The second-order valence-electron chi connectivity index (χ2n) is 3.52. The molecule has 0 aliphatic heterocycles. The Morgan fingerprint density at radius 1 is 1.50 bits per heavy atom. The number of alkyl halides is 3. The number of allylic oxidation sites excluding steroid dienone is 2. The second-order valence-corrected chi connectivity index (χ2v) is 3.52. The van der Waals surface area contributed by atoms with E-state index in [2.05, 4.69) is 5.32 Å². The first-order chi connectivity index (χ1) is 6.29. The van der Waals surface area contributed by atoms with Crippen LogP contribution >= 0.6 is 0 Å². The Morgan fingerprint density at radius 3 is 2.50 bits per heavy atom. The Kier molecular flexibility index (Phi) is 2.74. The molecule has 0 amide bonds. The van der Waals surface area contributed by atoms with Crippen LogP contribution in [0.5, 0.6) is 0 Å². The normalized spacial score (nSPS) is 33.0. The highest BCUT2D eigenvalue weighted by Crippen LogP contribution is 2.32. The maximum atomic E-state index is 12.4. The van der Waals surface area contributed by atoms with Crippen LogP contribution in [0, 0.1) is 0 Å². The molecule has 2 atom stereocenters. The molecule has 0 radical (unpaired) electrons. The topological polar surface area (TPSA) is 38.0 Å². The third kappa shape index (κ3) is 1.99. The quantitative estimate of drug-likeness (QED) is 0.679. The van der Waals surface area contributed by atoms with Gasteiger partial charge >= 0.3 is 6.18 Å². The van der Waals surface area contributed by atoms with Crippen molar-refractivity contribution in [2.75, 3.05) is 7.05 Å². The monoisotopic (exact) mass is 206 g/mol. The Hall–Kier alpha value is -0.810. The summed E-state index contributed by atoms with van der Waals surface area (Å²) in [5.74, 6) is 0. The fraction of sp³-hybridized carbons (Fsp3) is 0.556. The number of nitrogens with two attached hydrogens (primary N) is 1. The van der Waals surface area contributed by atoms with Crippen LogP contribution < -0.4 is 11.1 Å². The second kappa shape index (κ2) is 3.40. The van der Waals surface area contributed by atoms with E-state index in [1.54, 1.807) is 14.0 Å². The van der Waals surface area contributed by atoms with E-state index in [0.717, 1.165) is 12.2 Å². The van der Waals surface area contributed by atoms with Crippen LogP contribution in [0.15, 0.2) is 23.8 Å². The van der Waals surface area contributed by atoms with E-state index in [0.29, 0.717) is 0 Å². The molecule has 2 unspecified atom stereocenters. The van der Waals surface area contributed by atoms with Crippen molar-refractivity contribution in [1.29, 1.82) is 0 Å². The Morgan fingerprint density at radius 2 is 2.07 bits per heavy atom. The van der Waals surface area contributed by atoms with E-state index in [1.807, 2.05) is 0 Å². The Balaban J connectivity index is 3.03. The minimum atomic E-state index is -4.31. The van der Waals surface area contributed by atoms with Gasteiger partial charge in [0.15, 0.2) is 0 Å². The summed E-state index contributed by atoms with van der Waals surface area (Å²) in [6.45, 7) is 1.63. The minimum absolute atomic E-state index is 0.446. The van der Waals surface area contributed by atoms with Crippen LogP contribution in [0.25, 0.3) is 0 Å². The standard InChI is InChI=1S/C9H13F3N2/c1-8(14-2)5-6(9(10,11)12)3-4-7(8)13/h3-5,7,14H,13H2,1-2H3. The Bertz CT molecular complexity index is 280. The molecule has 14 heavy (non-hydrogen) atoms. The highest BCUT2D eigenvalue weighted by Gasteiger charge is 2.38. The summed E-state index contributed by atoms with van der Waals surface area (Å²) in [5, 5.41) is 2.78. The van der Waals surface area contributed by atoms with Crippen molar-refractivity contribution in [3.63, 3.8) is 0 Å². The van der Waals surface area contributed by atoms with Gasteiger partial charge in [-0.2, -0.15) is 13.2 Å². The van der Waals surface area contributed by atoms with Crippen molar-refractivity contribution in [2.45, 2.75) is 24.7 Å². The van der Waals surface area contributed by atoms with Crippen molar-refractivity contribution in [3.8, 4) is 0 Å². The molecule has 0 aromatic carbocycles. The average Bonchev–Trinajstić information content (AvgIpc) is 2.08. The first kappa shape index (κ1) is 11.3. The van der Waals surface area contributed by atoms with E-state index >= 15 is 0 Å². The Labute approximate surface area is 80.7 Å². The lowest BCUT2D eigenvalue weighted by atomic mass is 9.86. The van der Waals surface area contributed by atoms with Crippen LogP contribution in [-0.2, 0) is 0 Å². The van der Waals surface area contributed by atoms with E-state index in [9.17, 15) is 13.2 Å². The number of halogens is 3. The highest BCUT2D eigenvalue weighted by atomic mass is 19.4. The lowest BCUT2D eigenvalue weighted by Crippen LogP contribution is -2.54. The molecular weight excluding hydrogens is 193 g/mol. The summed E-state index contributed by atoms with van der Waals surface area (Å²) in [4.78, 5) is 0. The molecule has 5 heteroatoms. The number of hydrogen-bond acceptors (Lipinski definition) is 2. The summed E-state index contributed by atoms with van der Waals surface area (Å²) < 4.78 is 37.1. The summed E-state index contributed by atoms with van der Waals surface area (Å²) in [5.41, 5.74) is 4.18. The molecule has 0 aromatic heterocycles. The van der Waals surface area contributed by atoms with Gasteiger partial charge in [-0.15, -0.1) is 0 Å². The molecule has 0 heterocycles. The maximum absolute atomic E-state index is 12.4. The molecule has 0 saturated carbocycles.